The predicted octanol–water partition coefficient (Wildman–Crippen LogP) is 1.71. The third-order valence-electron chi connectivity index (χ3n) is 7.61. The lowest BCUT2D eigenvalue weighted by Crippen LogP contribution is -2.43. The van der Waals surface area contributed by atoms with E-state index in [1.54, 1.807) is 11.0 Å². The molecule has 1 atom stereocenters. The Kier molecular flexibility index (Phi) is 6.70. The first-order valence-electron chi connectivity index (χ1n) is 13.4. The van der Waals surface area contributed by atoms with Crippen LogP contribution in [0.3, 0.4) is 0 Å². The lowest BCUT2D eigenvalue weighted by Gasteiger charge is -2.24. The Morgan fingerprint density at radius 3 is 2.63 bits per heavy atom. The van der Waals surface area contributed by atoms with Crippen molar-refractivity contribution in [1.29, 1.82) is 0 Å². The van der Waals surface area contributed by atoms with Gasteiger partial charge in [-0.1, -0.05) is 29.8 Å². The molecule has 208 valence electrons. The molecule has 2 amide bonds. The van der Waals surface area contributed by atoms with E-state index >= 15 is 0 Å². The molecule has 1 aliphatic heterocycles. The summed E-state index contributed by atoms with van der Waals surface area (Å²) in [6.45, 7) is 3.32. The SMILES string of the molecule is Cc1ccc2c(c1)CC[C@@H]2NC(=O)c1cc(C(=O)NCc2ccc3c(c2)CN(c2c(N)c(=O)c2=O)CCO3)ncn1. The Hall–Kier alpha value is -5.06. The molecule has 0 fully saturated rings. The van der Waals surface area contributed by atoms with Gasteiger partial charge in [-0.3, -0.25) is 19.2 Å². The molecule has 0 spiro atoms. The standard InChI is InChI=1S/C30H28N6O5/c1-16-2-5-20-18(10-16)4-6-21(20)35-30(40)23-12-22(33-15-34-23)29(39)32-13-17-3-7-24-19(11-17)14-36(8-9-41-24)26-25(31)27(37)28(26)38/h2-3,5,7,10-12,15,21H,4,6,8-9,13-14,31H2,1H3,(H,32,39)(H,35,40)/t21-/m0/s1. The summed E-state index contributed by atoms with van der Waals surface area (Å²) in [5.74, 6) is -0.156. The molecule has 3 aromatic carbocycles. The summed E-state index contributed by atoms with van der Waals surface area (Å²) >= 11 is 0. The second kappa shape index (κ2) is 10.5. The molecular formula is C30H28N6O5. The molecule has 4 aromatic rings. The van der Waals surface area contributed by atoms with Gasteiger partial charge in [0, 0.05) is 24.7 Å². The average Bonchev–Trinajstić information content (AvgIpc) is 3.25. The predicted molar refractivity (Wildman–Crippen MR) is 152 cm³/mol. The molecule has 1 aliphatic carbocycles. The van der Waals surface area contributed by atoms with Gasteiger partial charge < -0.3 is 26.0 Å². The van der Waals surface area contributed by atoms with Crippen LogP contribution in [0, 0.1) is 6.92 Å². The minimum Gasteiger partial charge on any atom is -0.491 e. The Morgan fingerprint density at radius 2 is 1.83 bits per heavy atom. The molecule has 0 saturated carbocycles. The van der Waals surface area contributed by atoms with Crippen LogP contribution in [-0.2, 0) is 19.5 Å². The van der Waals surface area contributed by atoms with Crippen molar-refractivity contribution < 1.29 is 14.3 Å². The number of hydrogen-bond donors (Lipinski definition) is 3. The highest BCUT2D eigenvalue weighted by molar-refractivity contribution is 5.97. The lowest BCUT2D eigenvalue weighted by atomic mass is 10.1. The van der Waals surface area contributed by atoms with Crippen molar-refractivity contribution in [1.82, 2.24) is 20.6 Å². The van der Waals surface area contributed by atoms with Crippen LogP contribution in [0.4, 0.5) is 11.4 Å². The van der Waals surface area contributed by atoms with Crippen molar-refractivity contribution in [2.24, 2.45) is 0 Å². The second-order valence-electron chi connectivity index (χ2n) is 10.4. The van der Waals surface area contributed by atoms with Crippen molar-refractivity contribution in [3.05, 3.63) is 108 Å². The number of nitrogens with zero attached hydrogens (tertiary/aromatic N) is 3. The number of anilines is 2. The number of aryl methyl sites for hydroxylation is 2. The van der Waals surface area contributed by atoms with E-state index in [-0.39, 0.29) is 41.3 Å². The number of rotatable bonds is 6. The molecule has 2 aliphatic rings. The molecule has 0 bridgehead atoms. The van der Waals surface area contributed by atoms with Gasteiger partial charge in [-0.05, 0) is 48.6 Å². The summed E-state index contributed by atoms with van der Waals surface area (Å²) in [7, 11) is 0. The lowest BCUT2D eigenvalue weighted by molar-refractivity contribution is 0.0931. The number of aromatic nitrogens is 2. The van der Waals surface area contributed by atoms with E-state index in [4.69, 9.17) is 10.5 Å². The third kappa shape index (κ3) is 5.02. The molecule has 11 heteroatoms. The average molecular weight is 553 g/mol. The topological polar surface area (TPSA) is 157 Å². The first kappa shape index (κ1) is 26.2. The van der Waals surface area contributed by atoms with Gasteiger partial charge in [-0.2, -0.15) is 0 Å². The summed E-state index contributed by atoms with van der Waals surface area (Å²) < 4.78 is 5.81. The van der Waals surface area contributed by atoms with Gasteiger partial charge in [0.2, 0.25) is 0 Å². The number of fused-ring (bicyclic) bond motifs is 2. The quantitative estimate of drug-likeness (QED) is 0.303. The van der Waals surface area contributed by atoms with Crippen LogP contribution >= 0.6 is 0 Å². The Bertz CT molecular complexity index is 1760. The van der Waals surface area contributed by atoms with Crippen LogP contribution in [0.2, 0.25) is 0 Å². The molecule has 0 unspecified atom stereocenters. The number of nitrogen functional groups attached to an aromatic ring is 1. The van der Waals surface area contributed by atoms with Crippen LogP contribution in [-0.4, -0.2) is 34.9 Å². The van der Waals surface area contributed by atoms with Crippen LogP contribution in [0.5, 0.6) is 5.75 Å². The summed E-state index contributed by atoms with van der Waals surface area (Å²) in [5.41, 5.74) is 10.0. The highest BCUT2D eigenvalue weighted by Gasteiger charge is 2.27. The smallest absolute Gasteiger partial charge is 0.270 e. The number of carbonyl (C=O) groups is 2. The molecule has 0 saturated heterocycles. The molecule has 1 aromatic heterocycles. The van der Waals surface area contributed by atoms with Crippen molar-refractivity contribution in [3.63, 3.8) is 0 Å². The first-order chi connectivity index (χ1) is 19.8. The van der Waals surface area contributed by atoms with Crippen molar-refractivity contribution >= 4 is 23.2 Å². The fraction of sp³-hybridized carbons (Fsp3) is 0.267. The van der Waals surface area contributed by atoms with Gasteiger partial charge in [0.05, 0.1) is 12.6 Å². The van der Waals surface area contributed by atoms with Crippen molar-refractivity contribution in [2.45, 2.75) is 38.9 Å². The first-order valence-corrected chi connectivity index (χ1v) is 13.4. The molecule has 11 nitrogen and oxygen atoms in total. The summed E-state index contributed by atoms with van der Waals surface area (Å²) in [6.07, 6.45) is 2.92. The third-order valence-corrected chi connectivity index (χ3v) is 7.61. The van der Waals surface area contributed by atoms with E-state index < -0.39 is 16.8 Å². The van der Waals surface area contributed by atoms with E-state index in [1.807, 2.05) is 31.2 Å². The number of nitrogens with two attached hydrogens (primary N) is 1. The highest BCUT2D eigenvalue weighted by Crippen LogP contribution is 2.32. The van der Waals surface area contributed by atoms with Crippen molar-refractivity contribution in [3.8, 4) is 5.75 Å². The Morgan fingerprint density at radius 1 is 1.02 bits per heavy atom. The van der Waals surface area contributed by atoms with E-state index in [1.165, 1.54) is 23.5 Å². The Balaban J connectivity index is 1.10. The molecule has 4 N–H and O–H groups in total. The minimum atomic E-state index is -0.661. The number of carbonyl (C=O) groups excluding carboxylic acids is 2. The molecule has 6 rings (SSSR count). The normalized spacial score (nSPS) is 15.9. The fourth-order valence-corrected chi connectivity index (χ4v) is 5.47. The fourth-order valence-electron chi connectivity index (χ4n) is 5.47. The molecule has 0 radical (unpaired) electrons. The number of nitrogens with one attached hydrogen (secondary N) is 2. The zero-order valence-electron chi connectivity index (χ0n) is 22.4. The maximum atomic E-state index is 13.0. The number of amides is 2. The van der Waals surface area contributed by atoms with Crippen LogP contribution in [0.1, 0.15) is 61.3 Å². The van der Waals surface area contributed by atoms with Gasteiger partial charge in [0.1, 0.15) is 41.4 Å². The number of benzene rings is 2. The van der Waals surface area contributed by atoms with Crippen LogP contribution in [0.25, 0.3) is 0 Å². The highest BCUT2D eigenvalue weighted by atomic mass is 16.5. The van der Waals surface area contributed by atoms with Gasteiger partial charge >= 0.3 is 0 Å². The summed E-state index contributed by atoms with van der Waals surface area (Å²) in [5, 5.41) is 5.86. The molecular weight excluding hydrogens is 524 g/mol. The van der Waals surface area contributed by atoms with E-state index in [0.29, 0.717) is 25.4 Å². The summed E-state index contributed by atoms with van der Waals surface area (Å²) in [4.78, 5) is 59.4. The van der Waals surface area contributed by atoms with Crippen LogP contribution < -0.4 is 36.9 Å². The second-order valence-corrected chi connectivity index (χ2v) is 10.4. The van der Waals surface area contributed by atoms with Gasteiger partial charge in [0.25, 0.3) is 22.7 Å². The van der Waals surface area contributed by atoms with Gasteiger partial charge in [-0.25, -0.2) is 9.97 Å². The number of hydrogen-bond acceptors (Lipinski definition) is 9. The maximum absolute atomic E-state index is 13.0. The minimum absolute atomic E-state index is 0.0251. The maximum Gasteiger partial charge on any atom is 0.270 e. The van der Waals surface area contributed by atoms with Crippen LogP contribution in [0.15, 0.2) is 58.4 Å². The largest absolute Gasteiger partial charge is 0.491 e. The van der Waals surface area contributed by atoms with E-state index in [0.717, 1.165) is 29.5 Å². The van der Waals surface area contributed by atoms with E-state index in [2.05, 4.69) is 26.7 Å². The zero-order valence-corrected chi connectivity index (χ0v) is 22.4. The summed E-state index contributed by atoms with van der Waals surface area (Å²) in [6, 6.07) is 13.0. The van der Waals surface area contributed by atoms with Crippen molar-refractivity contribution in [2.75, 3.05) is 23.8 Å². The molecule has 41 heavy (non-hydrogen) atoms. The number of ether oxygens (including phenoxy) is 1. The van der Waals surface area contributed by atoms with Gasteiger partial charge in [-0.15, -0.1) is 0 Å². The Labute approximate surface area is 235 Å². The van der Waals surface area contributed by atoms with Gasteiger partial charge in [0.15, 0.2) is 0 Å². The van der Waals surface area contributed by atoms with E-state index in [9.17, 15) is 19.2 Å². The monoisotopic (exact) mass is 552 g/mol. The zero-order chi connectivity index (χ0) is 28.7. The molecule has 2 heterocycles.